The largest absolute Gasteiger partial charge is 0.481 e. The molecule has 0 saturated heterocycles. The Morgan fingerprint density at radius 1 is 1.39 bits per heavy atom. The smallest absolute Gasteiger partial charge is 0.313 e. The summed E-state index contributed by atoms with van der Waals surface area (Å²) in [4.78, 5) is 16.3. The van der Waals surface area contributed by atoms with Crippen LogP contribution in [0.3, 0.4) is 0 Å². The van der Waals surface area contributed by atoms with E-state index in [0.29, 0.717) is 0 Å². The van der Waals surface area contributed by atoms with E-state index in [1.165, 1.54) is 16.6 Å². The molecular formula is C13H13NO2S2. The van der Waals surface area contributed by atoms with Crippen molar-refractivity contribution >= 4 is 29.1 Å². The Balaban J connectivity index is 2.27. The number of benzene rings is 1. The normalized spacial score (nSPS) is 10.5. The van der Waals surface area contributed by atoms with Gasteiger partial charge in [-0.05, 0) is 6.42 Å². The van der Waals surface area contributed by atoms with Crippen molar-refractivity contribution in [1.29, 1.82) is 0 Å². The number of aromatic nitrogens is 1. The van der Waals surface area contributed by atoms with Crippen LogP contribution in [-0.2, 0) is 11.2 Å². The average Bonchev–Trinajstić information content (AvgIpc) is 2.80. The number of carboxylic acid groups (broad SMARTS) is 1. The number of hydrogen-bond acceptors (Lipinski definition) is 4. The Labute approximate surface area is 114 Å². The molecule has 1 aromatic heterocycles. The molecule has 3 nitrogen and oxygen atoms in total. The standard InChI is InChI=1S/C13H13NO2S2/c1-2-10-12(9-6-4-3-5-7-9)14-13(18-10)17-8-11(15)16/h3-7H,2,8H2,1H3,(H,15,16). The number of rotatable bonds is 5. The number of carboxylic acids is 1. The predicted molar refractivity (Wildman–Crippen MR) is 75.3 cm³/mol. The van der Waals surface area contributed by atoms with Crippen LogP contribution in [-0.4, -0.2) is 21.8 Å². The fraction of sp³-hybridized carbons (Fsp3) is 0.231. The lowest BCUT2D eigenvalue weighted by atomic mass is 10.1. The summed E-state index contributed by atoms with van der Waals surface area (Å²) in [6.45, 7) is 2.09. The van der Waals surface area contributed by atoms with Crippen molar-refractivity contribution in [3.63, 3.8) is 0 Å². The van der Waals surface area contributed by atoms with E-state index < -0.39 is 5.97 Å². The van der Waals surface area contributed by atoms with Crippen molar-refractivity contribution in [1.82, 2.24) is 4.98 Å². The topological polar surface area (TPSA) is 50.2 Å². The molecule has 5 heteroatoms. The van der Waals surface area contributed by atoms with Crippen molar-refractivity contribution in [2.75, 3.05) is 5.75 Å². The molecule has 0 unspecified atom stereocenters. The minimum atomic E-state index is -0.811. The zero-order valence-electron chi connectivity index (χ0n) is 9.92. The van der Waals surface area contributed by atoms with Gasteiger partial charge in [-0.3, -0.25) is 4.79 Å². The van der Waals surface area contributed by atoms with Gasteiger partial charge in [0.1, 0.15) is 0 Å². The molecule has 0 spiro atoms. The molecule has 0 atom stereocenters. The highest BCUT2D eigenvalue weighted by Gasteiger charge is 2.12. The van der Waals surface area contributed by atoms with E-state index in [-0.39, 0.29) is 5.75 Å². The van der Waals surface area contributed by atoms with Crippen molar-refractivity contribution in [2.45, 2.75) is 17.7 Å². The molecule has 0 saturated carbocycles. The monoisotopic (exact) mass is 279 g/mol. The second-order valence-electron chi connectivity index (χ2n) is 3.65. The first kappa shape index (κ1) is 13.1. The third-order valence-electron chi connectivity index (χ3n) is 2.37. The first-order chi connectivity index (χ1) is 8.70. The third kappa shape index (κ3) is 3.11. The van der Waals surface area contributed by atoms with Crippen molar-refractivity contribution in [3.05, 3.63) is 35.2 Å². The number of hydrogen-bond donors (Lipinski definition) is 1. The molecule has 2 rings (SSSR count). The van der Waals surface area contributed by atoms with Crippen molar-refractivity contribution < 1.29 is 9.90 Å². The number of aliphatic carboxylic acids is 1. The maximum atomic E-state index is 10.6. The molecule has 94 valence electrons. The Morgan fingerprint density at radius 3 is 2.72 bits per heavy atom. The highest BCUT2D eigenvalue weighted by molar-refractivity contribution is 8.01. The molecule has 0 radical (unpaired) electrons. The van der Waals surface area contributed by atoms with Gasteiger partial charge in [-0.2, -0.15) is 0 Å². The van der Waals surface area contributed by atoms with Gasteiger partial charge in [0.15, 0.2) is 4.34 Å². The van der Waals surface area contributed by atoms with E-state index in [2.05, 4.69) is 11.9 Å². The van der Waals surface area contributed by atoms with Gasteiger partial charge in [-0.25, -0.2) is 4.98 Å². The Kier molecular flexibility index (Phi) is 4.38. The van der Waals surface area contributed by atoms with Crippen LogP contribution in [0.2, 0.25) is 0 Å². The highest BCUT2D eigenvalue weighted by atomic mass is 32.2. The van der Waals surface area contributed by atoms with Crippen LogP contribution in [0.5, 0.6) is 0 Å². The number of carbonyl (C=O) groups is 1. The van der Waals surface area contributed by atoms with E-state index >= 15 is 0 Å². The minimum absolute atomic E-state index is 0.0604. The molecule has 2 aromatic rings. The summed E-state index contributed by atoms with van der Waals surface area (Å²) >= 11 is 2.87. The SMILES string of the molecule is CCc1sc(SCC(=O)O)nc1-c1ccccc1. The molecule has 1 aromatic carbocycles. The molecule has 0 amide bonds. The van der Waals surface area contributed by atoms with Crippen LogP contribution in [0.15, 0.2) is 34.7 Å². The number of thioether (sulfide) groups is 1. The third-order valence-corrected chi connectivity index (χ3v) is 4.69. The second kappa shape index (κ2) is 6.02. The quantitative estimate of drug-likeness (QED) is 0.850. The molecule has 18 heavy (non-hydrogen) atoms. The van der Waals surface area contributed by atoms with Crippen LogP contribution < -0.4 is 0 Å². The summed E-state index contributed by atoms with van der Waals surface area (Å²) in [5, 5.41) is 8.68. The Hall–Kier alpha value is -1.33. The van der Waals surface area contributed by atoms with Crippen LogP contribution in [0.1, 0.15) is 11.8 Å². The van der Waals surface area contributed by atoms with Gasteiger partial charge >= 0.3 is 5.97 Å². The van der Waals surface area contributed by atoms with Gasteiger partial charge in [-0.1, -0.05) is 49.0 Å². The van der Waals surface area contributed by atoms with Gasteiger partial charge in [0, 0.05) is 10.4 Å². The fourth-order valence-corrected chi connectivity index (χ4v) is 3.45. The molecule has 0 aliphatic carbocycles. The lowest BCUT2D eigenvalue weighted by Gasteiger charge is -1.98. The summed E-state index contributed by atoms with van der Waals surface area (Å²) in [6.07, 6.45) is 0.912. The maximum Gasteiger partial charge on any atom is 0.313 e. The summed E-state index contributed by atoms with van der Waals surface area (Å²) in [5.74, 6) is -0.750. The molecule has 0 aliphatic rings. The molecular weight excluding hydrogens is 266 g/mol. The maximum absolute atomic E-state index is 10.6. The lowest BCUT2D eigenvalue weighted by Crippen LogP contribution is -1.96. The zero-order chi connectivity index (χ0) is 13.0. The average molecular weight is 279 g/mol. The lowest BCUT2D eigenvalue weighted by molar-refractivity contribution is -0.133. The first-order valence-corrected chi connectivity index (χ1v) is 7.40. The summed E-state index contributed by atoms with van der Waals surface area (Å²) in [6, 6.07) is 10.00. The van der Waals surface area contributed by atoms with Crippen LogP contribution in [0.25, 0.3) is 11.3 Å². The fourth-order valence-electron chi connectivity index (χ4n) is 1.58. The summed E-state index contributed by atoms with van der Waals surface area (Å²) in [5.41, 5.74) is 2.07. The van der Waals surface area contributed by atoms with Crippen molar-refractivity contribution in [2.24, 2.45) is 0 Å². The van der Waals surface area contributed by atoms with E-state index in [0.717, 1.165) is 22.0 Å². The van der Waals surface area contributed by atoms with E-state index in [4.69, 9.17) is 5.11 Å². The summed E-state index contributed by atoms with van der Waals surface area (Å²) in [7, 11) is 0. The molecule has 0 fully saturated rings. The van der Waals surface area contributed by atoms with E-state index in [1.54, 1.807) is 11.3 Å². The van der Waals surface area contributed by atoms with Crippen LogP contribution >= 0.6 is 23.1 Å². The Morgan fingerprint density at radius 2 is 2.11 bits per heavy atom. The van der Waals surface area contributed by atoms with Gasteiger partial charge in [0.05, 0.1) is 11.4 Å². The number of thiazole rings is 1. The van der Waals surface area contributed by atoms with Gasteiger partial charge < -0.3 is 5.11 Å². The van der Waals surface area contributed by atoms with Crippen molar-refractivity contribution in [3.8, 4) is 11.3 Å². The van der Waals surface area contributed by atoms with E-state index in [1.807, 2.05) is 30.3 Å². The predicted octanol–water partition coefficient (Wildman–Crippen LogP) is 3.55. The number of aryl methyl sites for hydroxylation is 1. The van der Waals surface area contributed by atoms with Gasteiger partial charge in [0.2, 0.25) is 0 Å². The molecule has 0 bridgehead atoms. The van der Waals surface area contributed by atoms with Gasteiger partial charge in [-0.15, -0.1) is 11.3 Å². The second-order valence-corrected chi connectivity index (χ2v) is 5.96. The molecule has 1 N–H and O–H groups in total. The van der Waals surface area contributed by atoms with Gasteiger partial charge in [0.25, 0.3) is 0 Å². The minimum Gasteiger partial charge on any atom is -0.481 e. The summed E-state index contributed by atoms with van der Waals surface area (Å²) < 4.78 is 0.827. The number of nitrogens with zero attached hydrogens (tertiary/aromatic N) is 1. The Bertz CT molecular complexity index is 537. The zero-order valence-corrected chi connectivity index (χ0v) is 11.6. The molecule has 1 heterocycles. The van der Waals surface area contributed by atoms with Crippen LogP contribution in [0, 0.1) is 0 Å². The van der Waals surface area contributed by atoms with Crippen LogP contribution in [0.4, 0.5) is 0 Å². The highest BCUT2D eigenvalue weighted by Crippen LogP contribution is 2.33. The van der Waals surface area contributed by atoms with E-state index in [9.17, 15) is 4.79 Å². The first-order valence-electron chi connectivity index (χ1n) is 5.60. The molecule has 0 aliphatic heterocycles.